The number of halogens is 1. The standard InChI is InChI=1S/C21H22FN3O2S2/c1-13(2)16-6-10-18(11-7-16)27-14(3)19(26)23-20-24-25-21(29-20)28-12-15-4-8-17(22)9-5-15/h4-11,13-14H,12H2,1-3H3,(H,23,24,26). The monoisotopic (exact) mass is 431 g/mol. The maximum absolute atomic E-state index is 12.9. The third-order valence-electron chi connectivity index (χ3n) is 4.14. The Bertz CT molecular complexity index is 943. The minimum atomic E-state index is -0.667. The summed E-state index contributed by atoms with van der Waals surface area (Å²) in [5, 5.41) is 11.2. The molecule has 0 saturated carbocycles. The van der Waals surface area contributed by atoms with E-state index in [2.05, 4.69) is 29.4 Å². The van der Waals surface area contributed by atoms with Gasteiger partial charge in [-0.2, -0.15) is 0 Å². The van der Waals surface area contributed by atoms with Crippen LogP contribution in [-0.4, -0.2) is 22.2 Å². The van der Waals surface area contributed by atoms with Crippen LogP contribution in [0.5, 0.6) is 5.75 Å². The average Bonchev–Trinajstić information content (AvgIpc) is 3.15. The Balaban J connectivity index is 1.50. The fourth-order valence-electron chi connectivity index (χ4n) is 2.44. The van der Waals surface area contributed by atoms with Crippen molar-refractivity contribution in [2.75, 3.05) is 5.32 Å². The van der Waals surface area contributed by atoms with E-state index < -0.39 is 6.10 Å². The molecule has 3 rings (SSSR count). The predicted octanol–water partition coefficient (Wildman–Crippen LogP) is 5.50. The molecule has 5 nitrogen and oxygen atoms in total. The van der Waals surface area contributed by atoms with Gasteiger partial charge in [0, 0.05) is 5.75 Å². The summed E-state index contributed by atoms with van der Waals surface area (Å²) in [7, 11) is 0. The van der Waals surface area contributed by atoms with Gasteiger partial charge in [0.1, 0.15) is 11.6 Å². The Morgan fingerprint density at radius 3 is 2.45 bits per heavy atom. The van der Waals surface area contributed by atoms with E-state index in [1.165, 1.54) is 40.8 Å². The third kappa shape index (κ3) is 6.27. The van der Waals surface area contributed by atoms with Crippen LogP contribution in [0.2, 0.25) is 0 Å². The van der Waals surface area contributed by atoms with Crippen LogP contribution in [0.4, 0.5) is 9.52 Å². The second-order valence-corrected chi connectivity index (χ2v) is 8.96. The van der Waals surface area contributed by atoms with E-state index in [9.17, 15) is 9.18 Å². The average molecular weight is 432 g/mol. The van der Waals surface area contributed by atoms with Crippen LogP contribution in [0.1, 0.15) is 37.8 Å². The Morgan fingerprint density at radius 2 is 1.79 bits per heavy atom. The van der Waals surface area contributed by atoms with Gasteiger partial charge in [-0.25, -0.2) is 4.39 Å². The third-order valence-corrected chi connectivity index (χ3v) is 6.18. The minimum Gasteiger partial charge on any atom is -0.481 e. The Morgan fingerprint density at radius 1 is 1.10 bits per heavy atom. The summed E-state index contributed by atoms with van der Waals surface area (Å²) >= 11 is 2.77. The number of carbonyl (C=O) groups excluding carboxylic acids is 1. The first kappa shape index (κ1) is 21.3. The van der Waals surface area contributed by atoms with Crippen molar-refractivity contribution in [1.29, 1.82) is 0 Å². The lowest BCUT2D eigenvalue weighted by Crippen LogP contribution is -2.30. The number of anilines is 1. The fraction of sp³-hybridized carbons (Fsp3) is 0.286. The zero-order valence-electron chi connectivity index (χ0n) is 16.4. The summed E-state index contributed by atoms with van der Waals surface area (Å²) in [4.78, 5) is 12.4. The molecule has 0 aliphatic heterocycles. The molecule has 0 aliphatic carbocycles. The topological polar surface area (TPSA) is 64.1 Å². The zero-order chi connectivity index (χ0) is 20.8. The highest BCUT2D eigenvalue weighted by molar-refractivity contribution is 8.00. The number of hydrogen-bond donors (Lipinski definition) is 1. The second-order valence-electron chi connectivity index (χ2n) is 6.76. The van der Waals surface area contributed by atoms with Gasteiger partial charge in [-0.15, -0.1) is 10.2 Å². The van der Waals surface area contributed by atoms with Crippen molar-refractivity contribution in [3.8, 4) is 5.75 Å². The Hall–Kier alpha value is -2.45. The molecule has 1 aromatic heterocycles. The number of amides is 1. The SMILES string of the molecule is CC(Oc1ccc(C(C)C)cc1)C(=O)Nc1nnc(SCc2ccc(F)cc2)s1. The molecule has 0 saturated heterocycles. The summed E-state index contributed by atoms with van der Waals surface area (Å²) in [5.74, 6) is 1.19. The number of hydrogen-bond acceptors (Lipinski definition) is 6. The van der Waals surface area contributed by atoms with Gasteiger partial charge in [-0.05, 0) is 48.2 Å². The van der Waals surface area contributed by atoms with E-state index in [1.807, 2.05) is 24.3 Å². The van der Waals surface area contributed by atoms with Gasteiger partial charge in [0.15, 0.2) is 10.4 Å². The van der Waals surface area contributed by atoms with Crippen molar-refractivity contribution in [3.05, 3.63) is 65.5 Å². The molecule has 0 radical (unpaired) electrons. The Kier molecular flexibility index (Phi) is 7.22. The van der Waals surface area contributed by atoms with Crippen LogP contribution < -0.4 is 10.1 Å². The highest BCUT2D eigenvalue weighted by Gasteiger charge is 2.17. The number of thioether (sulfide) groups is 1. The Labute approximate surface area is 177 Å². The van der Waals surface area contributed by atoms with Gasteiger partial charge < -0.3 is 4.74 Å². The molecular formula is C21H22FN3O2S2. The number of nitrogens with zero attached hydrogens (tertiary/aromatic N) is 2. The van der Waals surface area contributed by atoms with E-state index in [0.717, 1.165) is 9.90 Å². The van der Waals surface area contributed by atoms with E-state index in [1.54, 1.807) is 19.1 Å². The molecule has 152 valence electrons. The number of rotatable bonds is 8. The number of benzene rings is 2. The van der Waals surface area contributed by atoms with Gasteiger partial charge in [0.2, 0.25) is 5.13 Å². The molecule has 0 spiro atoms. The summed E-state index contributed by atoms with van der Waals surface area (Å²) in [6, 6.07) is 14.1. The first-order chi connectivity index (χ1) is 13.9. The highest BCUT2D eigenvalue weighted by Crippen LogP contribution is 2.28. The zero-order valence-corrected chi connectivity index (χ0v) is 18.0. The molecule has 2 aromatic carbocycles. The molecule has 29 heavy (non-hydrogen) atoms. The molecule has 0 fully saturated rings. The maximum atomic E-state index is 12.9. The van der Waals surface area contributed by atoms with Gasteiger partial charge in [-0.1, -0.05) is 61.2 Å². The van der Waals surface area contributed by atoms with Crippen LogP contribution in [0.15, 0.2) is 52.9 Å². The van der Waals surface area contributed by atoms with Crippen molar-refractivity contribution >= 4 is 34.1 Å². The molecule has 0 aliphatic rings. The molecule has 0 bridgehead atoms. The molecule has 8 heteroatoms. The molecule has 1 unspecified atom stereocenters. The lowest BCUT2D eigenvalue weighted by atomic mass is 10.0. The summed E-state index contributed by atoms with van der Waals surface area (Å²) < 4.78 is 19.4. The van der Waals surface area contributed by atoms with Gasteiger partial charge in [0.05, 0.1) is 0 Å². The first-order valence-corrected chi connectivity index (χ1v) is 11.0. The van der Waals surface area contributed by atoms with Crippen molar-refractivity contribution in [2.24, 2.45) is 0 Å². The number of ether oxygens (including phenoxy) is 1. The second kappa shape index (κ2) is 9.84. The molecular weight excluding hydrogens is 409 g/mol. The van der Waals surface area contributed by atoms with Crippen molar-refractivity contribution < 1.29 is 13.9 Å². The molecule has 1 heterocycles. The lowest BCUT2D eigenvalue weighted by molar-refractivity contribution is -0.122. The van der Waals surface area contributed by atoms with Gasteiger partial charge in [0.25, 0.3) is 5.91 Å². The van der Waals surface area contributed by atoms with Crippen molar-refractivity contribution in [2.45, 2.75) is 42.9 Å². The van der Waals surface area contributed by atoms with Gasteiger partial charge >= 0.3 is 0 Å². The van der Waals surface area contributed by atoms with Gasteiger partial charge in [-0.3, -0.25) is 10.1 Å². The molecule has 1 atom stereocenters. The molecule has 1 amide bonds. The van der Waals surface area contributed by atoms with E-state index >= 15 is 0 Å². The van der Waals surface area contributed by atoms with Crippen molar-refractivity contribution in [1.82, 2.24) is 10.2 Å². The quantitative estimate of drug-likeness (QED) is 0.377. The maximum Gasteiger partial charge on any atom is 0.266 e. The van der Waals surface area contributed by atoms with Crippen LogP contribution in [0.3, 0.4) is 0 Å². The smallest absolute Gasteiger partial charge is 0.266 e. The lowest BCUT2D eigenvalue weighted by Gasteiger charge is -2.14. The summed E-state index contributed by atoms with van der Waals surface area (Å²) in [6.07, 6.45) is -0.667. The van der Waals surface area contributed by atoms with E-state index in [4.69, 9.17) is 4.74 Å². The summed E-state index contributed by atoms with van der Waals surface area (Å²) in [5.41, 5.74) is 2.21. The van der Waals surface area contributed by atoms with Crippen LogP contribution in [0.25, 0.3) is 0 Å². The fourth-order valence-corrected chi connectivity index (χ4v) is 4.15. The number of aromatic nitrogens is 2. The molecule has 3 aromatic rings. The normalized spacial score (nSPS) is 12.0. The number of carbonyl (C=O) groups is 1. The first-order valence-electron chi connectivity index (χ1n) is 9.19. The predicted molar refractivity (Wildman–Crippen MR) is 115 cm³/mol. The van der Waals surface area contributed by atoms with Crippen LogP contribution in [0, 0.1) is 5.82 Å². The minimum absolute atomic E-state index is 0.258. The number of nitrogens with one attached hydrogen (secondary N) is 1. The summed E-state index contributed by atoms with van der Waals surface area (Å²) in [6.45, 7) is 5.94. The van der Waals surface area contributed by atoms with Crippen LogP contribution in [-0.2, 0) is 10.5 Å². The van der Waals surface area contributed by atoms with E-state index in [0.29, 0.717) is 22.6 Å². The van der Waals surface area contributed by atoms with Crippen LogP contribution >= 0.6 is 23.1 Å². The highest BCUT2D eigenvalue weighted by atomic mass is 32.2. The van der Waals surface area contributed by atoms with Crippen molar-refractivity contribution in [3.63, 3.8) is 0 Å². The molecule has 1 N–H and O–H groups in total. The largest absolute Gasteiger partial charge is 0.481 e. The van der Waals surface area contributed by atoms with E-state index in [-0.39, 0.29) is 11.7 Å².